The van der Waals surface area contributed by atoms with E-state index in [9.17, 15) is 9.18 Å². The van der Waals surface area contributed by atoms with Gasteiger partial charge in [-0.2, -0.15) is 0 Å². The number of benzene rings is 1. The number of nitrogens with one attached hydrogen (secondary N) is 1. The number of hydrogen-bond donors (Lipinski definition) is 1. The highest BCUT2D eigenvalue weighted by Crippen LogP contribution is 2.30. The minimum Gasteiger partial charge on any atom is -0.300 e. The van der Waals surface area contributed by atoms with Gasteiger partial charge in [-0.15, -0.1) is 10.2 Å². The summed E-state index contributed by atoms with van der Waals surface area (Å²) in [6, 6.07) is 6.70. The minimum absolute atomic E-state index is 0.0477. The maximum absolute atomic E-state index is 13.6. The first-order valence-electron chi connectivity index (χ1n) is 7.73. The van der Waals surface area contributed by atoms with Gasteiger partial charge in [-0.1, -0.05) is 60.6 Å². The van der Waals surface area contributed by atoms with Crippen LogP contribution in [0.3, 0.4) is 0 Å². The number of amides is 1. The van der Waals surface area contributed by atoms with E-state index in [1.807, 2.05) is 6.07 Å². The fourth-order valence-corrected chi connectivity index (χ4v) is 4.39. The Morgan fingerprint density at radius 2 is 2.04 bits per heavy atom. The van der Waals surface area contributed by atoms with Gasteiger partial charge in [-0.05, 0) is 24.5 Å². The van der Waals surface area contributed by atoms with E-state index < -0.39 is 0 Å². The number of carbonyl (C=O) groups excluding carboxylic acids is 1. The summed E-state index contributed by atoms with van der Waals surface area (Å²) in [6.45, 7) is 0. The SMILES string of the molecule is O=C(Nc1nnc(SCc2ccccc2F)s1)C1CCCCC1. The molecule has 0 aliphatic heterocycles. The first-order chi connectivity index (χ1) is 11.2. The summed E-state index contributed by atoms with van der Waals surface area (Å²) in [6.07, 6.45) is 5.38. The average Bonchev–Trinajstić information content (AvgIpc) is 3.02. The van der Waals surface area contributed by atoms with Gasteiger partial charge in [0.15, 0.2) is 4.34 Å². The Morgan fingerprint density at radius 3 is 2.83 bits per heavy atom. The van der Waals surface area contributed by atoms with Crippen molar-refractivity contribution in [2.45, 2.75) is 42.2 Å². The van der Waals surface area contributed by atoms with Gasteiger partial charge in [0.05, 0.1) is 0 Å². The standard InChI is InChI=1S/C16H18FN3OS2/c17-13-9-5-4-8-12(13)10-22-16-20-19-15(23-16)18-14(21)11-6-2-1-3-7-11/h4-5,8-9,11H,1-3,6-7,10H2,(H,18,19,21). The molecule has 23 heavy (non-hydrogen) atoms. The molecule has 1 saturated carbocycles. The molecule has 2 aromatic rings. The summed E-state index contributed by atoms with van der Waals surface area (Å²) in [5, 5.41) is 11.4. The molecule has 0 radical (unpaired) electrons. The Hall–Kier alpha value is -1.47. The molecule has 1 aliphatic rings. The summed E-state index contributed by atoms with van der Waals surface area (Å²) >= 11 is 2.76. The lowest BCUT2D eigenvalue weighted by Gasteiger charge is -2.19. The van der Waals surface area contributed by atoms with Crippen LogP contribution in [0.1, 0.15) is 37.7 Å². The van der Waals surface area contributed by atoms with E-state index in [4.69, 9.17) is 0 Å². The first kappa shape index (κ1) is 16.4. The van der Waals surface area contributed by atoms with Crippen molar-refractivity contribution in [3.05, 3.63) is 35.6 Å². The van der Waals surface area contributed by atoms with E-state index in [1.165, 1.54) is 35.6 Å². The molecule has 1 aromatic heterocycles. The molecule has 1 aromatic carbocycles. The second-order valence-electron chi connectivity index (χ2n) is 5.58. The van der Waals surface area contributed by atoms with Crippen LogP contribution in [0.2, 0.25) is 0 Å². The van der Waals surface area contributed by atoms with Crippen molar-refractivity contribution in [2.24, 2.45) is 5.92 Å². The Kier molecular flexibility index (Phi) is 5.61. The van der Waals surface area contributed by atoms with Crippen molar-refractivity contribution in [2.75, 3.05) is 5.32 Å². The van der Waals surface area contributed by atoms with Crippen LogP contribution >= 0.6 is 23.1 Å². The smallest absolute Gasteiger partial charge is 0.229 e. The number of nitrogens with zero attached hydrogens (tertiary/aromatic N) is 2. The Balaban J connectivity index is 1.53. The molecular formula is C16H18FN3OS2. The highest BCUT2D eigenvalue weighted by molar-refractivity contribution is 8.00. The molecule has 1 N–H and O–H groups in total. The zero-order chi connectivity index (χ0) is 16.1. The Bertz CT molecular complexity index is 671. The number of aromatic nitrogens is 2. The number of halogens is 1. The lowest BCUT2D eigenvalue weighted by atomic mass is 9.89. The van der Waals surface area contributed by atoms with E-state index in [0.717, 1.165) is 30.0 Å². The molecule has 7 heteroatoms. The molecule has 1 heterocycles. The van der Waals surface area contributed by atoms with Crippen molar-refractivity contribution in [3.63, 3.8) is 0 Å². The molecule has 1 amide bonds. The zero-order valence-corrected chi connectivity index (χ0v) is 14.3. The number of thioether (sulfide) groups is 1. The van der Waals surface area contributed by atoms with Crippen LogP contribution in [-0.2, 0) is 10.5 Å². The fraction of sp³-hybridized carbons (Fsp3) is 0.438. The molecule has 4 nitrogen and oxygen atoms in total. The van der Waals surface area contributed by atoms with Crippen molar-refractivity contribution in [1.82, 2.24) is 10.2 Å². The Labute approximate surface area is 142 Å². The summed E-state index contributed by atoms with van der Waals surface area (Å²) in [5.74, 6) is 0.432. The molecule has 0 spiro atoms. The lowest BCUT2D eigenvalue weighted by Crippen LogP contribution is -2.24. The number of hydrogen-bond acceptors (Lipinski definition) is 5. The van der Waals surface area contributed by atoms with Gasteiger partial charge in [-0.25, -0.2) is 4.39 Å². The molecule has 122 valence electrons. The van der Waals surface area contributed by atoms with Crippen molar-refractivity contribution < 1.29 is 9.18 Å². The second kappa shape index (κ2) is 7.88. The van der Waals surface area contributed by atoms with E-state index in [1.54, 1.807) is 12.1 Å². The summed E-state index contributed by atoms with van der Waals surface area (Å²) in [4.78, 5) is 12.2. The number of carbonyl (C=O) groups is 1. The van der Waals surface area contributed by atoms with Crippen LogP contribution in [0.4, 0.5) is 9.52 Å². The Morgan fingerprint density at radius 1 is 1.26 bits per heavy atom. The van der Waals surface area contributed by atoms with Gasteiger partial charge >= 0.3 is 0 Å². The maximum Gasteiger partial charge on any atom is 0.229 e. The summed E-state index contributed by atoms with van der Waals surface area (Å²) in [5.41, 5.74) is 0.639. The van der Waals surface area contributed by atoms with Gasteiger partial charge in [0.1, 0.15) is 5.82 Å². The minimum atomic E-state index is -0.213. The fourth-order valence-electron chi connectivity index (χ4n) is 2.65. The molecule has 0 saturated heterocycles. The van der Waals surface area contributed by atoms with Gasteiger partial charge in [0.2, 0.25) is 11.0 Å². The predicted octanol–water partition coefficient (Wildman–Crippen LogP) is 4.49. The van der Waals surface area contributed by atoms with Crippen LogP contribution in [0.25, 0.3) is 0 Å². The van der Waals surface area contributed by atoms with Gasteiger partial charge in [0, 0.05) is 11.7 Å². The molecule has 1 aliphatic carbocycles. The molecule has 0 bridgehead atoms. The highest BCUT2D eigenvalue weighted by atomic mass is 32.2. The topological polar surface area (TPSA) is 54.9 Å². The molecule has 3 rings (SSSR count). The number of rotatable bonds is 5. The van der Waals surface area contributed by atoms with Gasteiger partial charge < -0.3 is 5.32 Å². The van der Waals surface area contributed by atoms with E-state index in [2.05, 4.69) is 15.5 Å². The van der Waals surface area contributed by atoms with Crippen LogP contribution in [0.5, 0.6) is 0 Å². The summed E-state index contributed by atoms with van der Waals surface area (Å²) < 4.78 is 14.3. The molecule has 1 fully saturated rings. The van der Waals surface area contributed by atoms with Crippen LogP contribution in [0.15, 0.2) is 28.6 Å². The predicted molar refractivity (Wildman–Crippen MR) is 91.1 cm³/mol. The lowest BCUT2D eigenvalue weighted by molar-refractivity contribution is -0.120. The van der Waals surface area contributed by atoms with Crippen LogP contribution in [-0.4, -0.2) is 16.1 Å². The van der Waals surface area contributed by atoms with Gasteiger partial charge in [-0.3, -0.25) is 4.79 Å². The molecular weight excluding hydrogens is 333 g/mol. The average molecular weight is 351 g/mol. The van der Waals surface area contributed by atoms with Gasteiger partial charge in [0.25, 0.3) is 0 Å². The third-order valence-electron chi connectivity index (χ3n) is 3.92. The largest absolute Gasteiger partial charge is 0.300 e. The summed E-state index contributed by atoms with van der Waals surface area (Å²) in [7, 11) is 0. The van der Waals surface area contributed by atoms with Crippen molar-refractivity contribution in [1.29, 1.82) is 0 Å². The van der Waals surface area contributed by atoms with Crippen molar-refractivity contribution >= 4 is 34.1 Å². The quantitative estimate of drug-likeness (QED) is 0.637. The second-order valence-corrected chi connectivity index (χ2v) is 7.78. The highest BCUT2D eigenvalue weighted by Gasteiger charge is 2.22. The molecule has 0 atom stereocenters. The van der Waals surface area contributed by atoms with Crippen LogP contribution in [0, 0.1) is 11.7 Å². The van der Waals surface area contributed by atoms with E-state index in [-0.39, 0.29) is 17.6 Å². The zero-order valence-electron chi connectivity index (χ0n) is 12.6. The number of anilines is 1. The third-order valence-corrected chi connectivity index (χ3v) is 5.94. The van der Waals surface area contributed by atoms with E-state index in [0.29, 0.717) is 16.4 Å². The van der Waals surface area contributed by atoms with Crippen LogP contribution < -0.4 is 5.32 Å². The third kappa shape index (κ3) is 4.51. The maximum atomic E-state index is 13.6. The normalized spacial score (nSPS) is 15.5. The van der Waals surface area contributed by atoms with Crippen molar-refractivity contribution in [3.8, 4) is 0 Å². The monoisotopic (exact) mass is 351 g/mol. The molecule has 0 unspecified atom stereocenters. The first-order valence-corrected chi connectivity index (χ1v) is 9.53. The van der Waals surface area contributed by atoms with E-state index >= 15 is 0 Å².